The van der Waals surface area contributed by atoms with Gasteiger partial charge in [-0.15, -0.1) is 0 Å². The van der Waals surface area contributed by atoms with Crippen LogP contribution in [0.2, 0.25) is 0 Å². The van der Waals surface area contributed by atoms with Crippen molar-refractivity contribution in [3.8, 4) is 17.2 Å². The third-order valence-electron chi connectivity index (χ3n) is 4.57. The zero-order valence-corrected chi connectivity index (χ0v) is 17.7. The number of rotatable bonds is 6. The van der Waals surface area contributed by atoms with E-state index in [4.69, 9.17) is 14.2 Å². The van der Waals surface area contributed by atoms with Crippen molar-refractivity contribution in [2.45, 2.75) is 40.2 Å². The molecule has 1 atom stereocenters. The first-order valence-corrected chi connectivity index (χ1v) is 9.76. The first kappa shape index (κ1) is 21.4. The van der Waals surface area contributed by atoms with Gasteiger partial charge in [-0.1, -0.05) is 51.1 Å². The standard InChI is InChI=1S/C22H25NO3.C2H6/c1-5-6-10-19-15(2)17-12-18(22(25-4)13-21(17)26-19)23-14-16-9-7-8-11-20(16)24-3;1-2/h5-13,15,23H,14H2,1-4H3;1-2H3/b6-5-,19-10+;. The summed E-state index contributed by atoms with van der Waals surface area (Å²) in [6, 6.07) is 12.1. The lowest BCUT2D eigenvalue weighted by molar-refractivity contribution is 0.405. The highest BCUT2D eigenvalue weighted by Crippen LogP contribution is 2.45. The lowest BCUT2D eigenvalue weighted by Crippen LogP contribution is -2.03. The largest absolute Gasteiger partial charge is 0.496 e. The van der Waals surface area contributed by atoms with Gasteiger partial charge in [-0.3, -0.25) is 0 Å². The fourth-order valence-electron chi connectivity index (χ4n) is 3.09. The second-order valence-electron chi connectivity index (χ2n) is 6.17. The van der Waals surface area contributed by atoms with Crippen molar-refractivity contribution < 1.29 is 14.2 Å². The smallest absolute Gasteiger partial charge is 0.145 e. The number of benzene rings is 2. The third kappa shape index (κ3) is 4.69. The maximum Gasteiger partial charge on any atom is 0.145 e. The van der Waals surface area contributed by atoms with Crippen LogP contribution in [0.5, 0.6) is 17.2 Å². The van der Waals surface area contributed by atoms with Crippen LogP contribution < -0.4 is 19.5 Å². The minimum Gasteiger partial charge on any atom is -0.496 e. The number of fused-ring (bicyclic) bond motifs is 1. The molecule has 1 unspecified atom stereocenters. The molecular formula is C24H31NO3. The summed E-state index contributed by atoms with van der Waals surface area (Å²) in [5.74, 6) is 3.64. The molecule has 4 heteroatoms. The SMILES string of the molecule is C/C=C\C=C1\Oc2cc(OC)c(NCc3ccccc3OC)cc2C1C.CC. The van der Waals surface area contributed by atoms with E-state index in [1.165, 1.54) is 0 Å². The number of nitrogens with one attached hydrogen (secondary N) is 1. The molecule has 1 aliphatic rings. The summed E-state index contributed by atoms with van der Waals surface area (Å²) < 4.78 is 17.0. The van der Waals surface area contributed by atoms with Crippen LogP contribution in [-0.2, 0) is 6.54 Å². The molecule has 0 aromatic heterocycles. The minimum absolute atomic E-state index is 0.207. The molecule has 0 spiro atoms. The van der Waals surface area contributed by atoms with Gasteiger partial charge in [0, 0.05) is 29.7 Å². The normalized spacial score (nSPS) is 16.2. The Bertz CT molecular complexity index is 840. The molecule has 0 amide bonds. The summed E-state index contributed by atoms with van der Waals surface area (Å²) in [6.45, 7) is 8.79. The van der Waals surface area contributed by atoms with Gasteiger partial charge in [-0.2, -0.15) is 0 Å². The van der Waals surface area contributed by atoms with Gasteiger partial charge in [-0.05, 0) is 25.1 Å². The number of methoxy groups -OCH3 is 2. The highest BCUT2D eigenvalue weighted by atomic mass is 16.5. The fraction of sp³-hybridized carbons (Fsp3) is 0.333. The first-order chi connectivity index (χ1) is 13.7. The Morgan fingerprint density at radius 2 is 1.79 bits per heavy atom. The van der Waals surface area contributed by atoms with Gasteiger partial charge in [-0.25, -0.2) is 0 Å². The lowest BCUT2D eigenvalue weighted by atomic mass is 9.99. The minimum atomic E-state index is 0.207. The molecule has 2 aromatic carbocycles. The summed E-state index contributed by atoms with van der Waals surface area (Å²) in [5.41, 5.74) is 3.19. The third-order valence-corrected chi connectivity index (χ3v) is 4.57. The number of allylic oxidation sites excluding steroid dienone is 4. The van der Waals surface area contributed by atoms with E-state index < -0.39 is 0 Å². The summed E-state index contributed by atoms with van der Waals surface area (Å²) in [6.07, 6.45) is 6.00. The van der Waals surface area contributed by atoms with Crippen molar-refractivity contribution in [3.63, 3.8) is 0 Å². The van der Waals surface area contributed by atoms with Crippen molar-refractivity contribution in [3.05, 3.63) is 71.5 Å². The van der Waals surface area contributed by atoms with Gasteiger partial charge in [0.05, 0.1) is 19.9 Å². The fourth-order valence-corrected chi connectivity index (χ4v) is 3.09. The van der Waals surface area contributed by atoms with Crippen molar-refractivity contribution in [1.29, 1.82) is 0 Å². The lowest BCUT2D eigenvalue weighted by Gasteiger charge is -2.15. The first-order valence-electron chi connectivity index (χ1n) is 9.76. The molecular weight excluding hydrogens is 350 g/mol. The Morgan fingerprint density at radius 1 is 1.07 bits per heavy atom. The van der Waals surface area contributed by atoms with Gasteiger partial charge >= 0.3 is 0 Å². The molecule has 0 saturated heterocycles. The molecule has 28 heavy (non-hydrogen) atoms. The molecule has 4 nitrogen and oxygen atoms in total. The Labute approximate surface area is 168 Å². The predicted molar refractivity (Wildman–Crippen MR) is 117 cm³/mol. The molecule has 0 bridgehead atoms. The molecule has 0 radical (unpaired) electrons. The second kappa shape index (κ2) is 10.5. The quantitative estimate of drug-likeness (QED) is 0.637. The van der Waals surface area contributed by atoms with E-state index in [2.05, 4.69) is 24.4 Å². The monoisotopic (exact) mass is 381 g/mol. The highest BCUT2D eigenvalue weighted by molar-refractivity contribution is 5.65. The molecule has 0 aliphatic carbocycles. The number of para-hydroxylation sites is 1. The molecule has 0 fully saturated rings. The zero-order chi connectivity index (χ0) is 20.5. The number of hydrogen-bond donors (Lipinski definition) is 1. The zero-order valence-electron chi connectivity index (χ0n) is 17.7. The average Bonchev–Trinajstić information content (AvgIpc) is 3.06. The Kier molecular flexibility index (Phi) is 8.00. The number of ether oxygens (including phenoxy) is 3. The molecule has 2 aromatic rings. The van der Waals surface area contributed by atoms with Crippen LogP contribution >= 0.6 is 0 Å². The predicted octanol–water partition coefficient (Wildman–Crippen LogP) is 6.30. The summed E-state index contributed by atoms with van der Waals surface area (Å²) in [4.78, 5) is 0. The van der Waals surface area contributed by atoms with Crippen LogP contribution in [0.15, 0.2) is 60.4 Å². The van der Waals surface area contributed by atoms with Crippen LogP contribution in [0, 0.1) is 0 Å². The van der Waals surface area contributed by atoms with E-state index in [1.54, 1.807) is 14.2 Å². The maximum atomic E-state index is 6.00. The number of anilines is 1. The van der Waals surface area contributed by atoms with Gasteiger partial charge in [0.1, 0.15) is 23.0 Å². The highest BCUT2D eigenvalue weighted by Gasteiger charge is 2.27. The second-order valence-corrected chi connectivity index (χ2v) is 6.17. The van der Waals surface area contributed by atoms with Crippen molar-refractivity contribution in [2.75, 3.05) is 19.5 Å². The van der Waals surface area contributed by atoms with Gasteiger partial charge in [0.15, 0.2) is 0 Å². The molecule has 1 aliphatic heterocycles. The molecule has 150 valence electrons. The topological polar surface area (TPSA) is 39.7 Å². The molecule has 1 N–H and O–H groups in total. The van der Waals surface area contributed by atoms with Crippen LogP contribution in [0.25, 0.3) is 0 Å². The summed E-state index contributed by atoms with van der Waals surface area (Å²) in [5, 5.41) is 3.47. The maximum absolute atomic E-state index is 6.00. The average molecular weight is 382 g/mol. The van der Waals surface area contributed by atoms with Gasteiger partial charge < -0.3 is 19.5 Å². The number of hydrogen-bond acceptors (Lipinski definition) is 4. The Morgan fingerprint density at radius 3 is 2.46 bits per heavy atom. The van der Waals surface area contributed by atoms with E-state index in [9.17, 15) is 0 Å². The molecule has 1 heterocycles. The van der Waals surface area contributed by atoms with Crippen molar-refractivity contribution in [1.82, 2.24) is 0 Å². The van der Waals surface area contributed by atoms with Gasteiger partial charge in [0.25, 0.3) is 0 Å². The van der Waals surface area contributed by atoms with Crippen LogP contribution in [0.1, 0.15) is 44.7 Å². The van der Waals surface area contributed by atoms with Crippen molar-refractivity contribution >= 4 is 5.69 Å². The van der Waals surface area contributed by atoms with Gasteiger partial charge in [0.2, 0.25) is 0 Å². The van der Waals surface area contributed by atoms with Crippen LogP contribution in [-0.4, -0.2) is 14.2 Å². The Hall–Kier alpha value is -2.88. The summed E-state index contributed by atoms with van der Waals surface area (Å²) >= 11 is 0. The molecule has 3 rings (SSSR count). The van der Waals surface area contributed by atoms with E-state index in [0.717, 1.165) is 39.8 Å². The van der Waals surface area contributed by atoms with Crippen LogP contribution in [0.4, 0.5) is 5.69 Å². The van der Waals surface area contributed by atoms with E-state index in [-0.39, 0.29) is 5.92 Å². The van der Waals surface area contributed by atoms with E-state index >= 15 is 0 Å². The Balaban J connectivity index is 0.00000136. The van der Waals surface area contributed by atoms with E-state index in [0.29, 0.717) is 6.54 Å². The van der Waals surface area contributed by atoms with Crippen LogP contribution in [0.3, 0.4) is 0 Å². The molecule has 0 saturated carbocycles. The van der Waals surface area contributed by atoms with Crippen molar-refractivity contribution in [2.24, 2.45) is 0 Å². The van der Waals surface area contributed by atoms with E-state index in [1.807, 2.05) is 63.3 Å². The summed E-state index contributed by atoms with van der Waals surface area (Å²) in [7, 11) is 3.36.